The zero-order valence-corrected chi connectivity index (χ0v) is 18.9. The van der Waals surface area contributed by atoms with Gasteiger partial charge in [-0.2, -0.15) is 0 Å². The Bertz CT molecular complexity index is 1110. The Hall–Kier alpha value is -2.61. The molecule has 3 aromatic rings. The highest BCUT2D eigenvalue weighted by Crippen LogP contribution is 2.41. The van der Waals surface area contributed by atoms with E-state index < -0.39 is 0 Å². The van der Waals surface area contributed by atoms with Crippen molar-refractivity contribution in [1.82, 2.24) is 15.2 Å². The molecule has 160 valence electrons. The quantitative estimate of drug-likeness (QED) is 0.388. The van der Waals surface area contributed by atoms with Crippen LogP contribution in [0.2, 0.25) is 10.0 Å². The van der Waals surface area contributed by atoms with Crippen molar-refractivity contribution in [3.8, 4) is 11.3 Å². The Morgan fingerprint density at radius 3 is 2.81 bits per heavy atom. The molecule has 9 heteroatoms. The molecule has 0 unspecified atom stereocenters. The van der Waals surface area contributed by atoms with Crippen molar-refractivity contribution < 1.29 is 13.9 Å². The number of nitrogens with one attached hydrogen (secondary N) is 1. The van der Waals surface area contributed by atoms with Crippen molar-refractivity contribution in [3.05, 3.63) is 76.2 Å². The summed E-state index contributed by atoms with van der Waals surface area (Å²) >= 11 is 18.0. The lowest BCUT2D eigenvalue weighted by Gasteiger charge is -2.25. The van der Waals surface area contributed by atoms with Crippen LogP contribution in [0.4, 0.5) is 0 Å². The average Bonchev–Trinajstić information content (AvgIpc) is 3.37. The van der Waals surface area contributed by atoms with Gasteiger partial charge in [0.15, 0.2) is 5.11 Å². The summed E-state index contributed by atoms with van der Waals surface area (Å²) < 4.78 is 11.0. The van der Waals surface area contributed by atoms with Crippen LogP contribution in [0.5, 0.6) is 0 Å². The summed E-state index contributed by atoms with van der Waals surface area (Å²) in [5.41, 5.74) is 1.55. The molecule has 0 amide bonds. The van der Waals surface area contributed by atoms with E-state index in [4.69, 9.17) is 44.6 Å². The molecule has 1 saturated heterocycles. The molecule has 1 aliphatic rings. The fourth-order valence-electron chi connectivity index (χ4n) is 3.61. The molecule has 2 atom stereocenters. The van der Waals surface area contributed by atoms with E-state index in [2.05, 4.69) is 10.3 Å². The van der Waals surface area contributed by atoms with Crippen molar-refractivity contribution >= 4 is 46.5 Å². The number of hydrogen-bond acceptors (Lipinski definition) is 5. The smallest absolute Gasteiger partial charge is 0.307 e. The number of hydrogen-bond donors (Lipinski definition) is 1. The highest BCUT2D eigenvalue weighted by atomic mass is 35.5. The van der Waals surface area contributed by atoms with E-state index in [0.717, 1.165) is 11.3 Å². The zero-order chi connectivity index (χ0) is 22.0. The number of nitrogens with zero attached hydrogens (tertiary/aromatic N) is 2. The van der Waals surface area contributed by atoms with Gasteiger partial charge in [-0.25, -0.2) is 0 Å². The first kappa shape index (κ1) is 21.6. The Balaban J connectivity index is 1.70. The molecule has 0 bridgehead atoms. The lowest BCUT2D eigenvalue weighted by Crippen LogP contribution is -2.31. The molecule has 0 radical (unpaired) electrons. The second-order valence-electron chi connectivity index (χ2n) is 6.97. The number of aromatic nitrogens is 1. The van der Waals surface area contributed by atoms with Gasteiger partial charge in [0, 0.05) is 23.3 Å². The van der Waals surface area contributed by atoms with Crippen LogP contribution in [0.1, 0.15) is 30.0 Å². The summed E-state index contributed by atoms with van der Waals surface area (Å²) in [6.07, 6.45) is 1.93. The average molecular weight is 476 g/mol. The molecule has 2 aromatic heterocycles. The normalized spacial score (nSPS) is 18.2. The summed E-state index contributed by atoms with van der Waals surface area (Å²) in [6, 6.07) is 14.2. The monoisotopic (exact) mass is 475 g/mol. The Kier molecular flexibility index (Phi) is 6.46. The maximum Gasteiger partial charge on any atom is 0.307 e. The fraction of sp³-hybridized carbons (Fsp3) is 0.227. The molecule has 1 fully saturated rings. The number of methoxy groups -OCH3 is 1. The molecule has 0 saturated carbocycles. The largest absolute Gasteiger partial charge is 0.469 e. The van der Waals surface area contributed by atoms with E-state index in [9.17, 15) is 4.79 Å². The van der Waals surface area contributed by atoms with Gasteiger partial charge in [-0.05, 0) is 54.7 Å². The SMILES string of the molecule is COC(=O)CCN1C(=S)N[C@@H](c2ccccn2)[C@@H]1c1ccc(-c2ccc(Cl)cc2Cl)o1. The zero-order valence-electron chi connectivity index (χ0n) is 16.5. The number of ether oxygens (including phenoxy) is 1. The molecule has 1 N–H and O–H groups in total. The van der Waals surface area contributed by atoms with Gasteiger partial charge in [-0.15, -0.1) is 0 Å². The Morgan fingerprint density at radius 2 is 2.10 bits per heavy atom. The van der Waals surface area contributed by atoms with Gasteiger partial charge < -0.3 is 19.4 Å². The summed E-state index contributed by atoms with van der Waals surface area (Å²) in [7, 11) is 1.37. The van der Waals surface area contributed by atoms with Crippen LogP contribution in [-0.4, -0.2) is 34.6 Å². The minimum Gasteiger partial charge on any atom is -0.469 e. The third-order valence-electron chi connectivity index (χ3n) is 5.10. The van der Waals surface area contributed by atoms with Gasteiger partial charge in [0.2, 0.25) is 0 Å². The number of thiocarbonyl (C=S) groups is 1. The summed E-state index contributed by atoms with van der Waals surface area (Å²) in [6.45, 7) is 0.379. The molecule has 4 rings (SSSR count). The van der Waals surface area contributed by atoms with Gasteiger partial charge in [-0.1, -0.05) is 29.3 Å². The maximum atomic E-state index is 11.8. The van der Waals surface area contributed by atoms with E-state index >= 15 is 0 Å². The number of furan rings is 1. The fourth-order valence-corrected chi connectivity index (χ4v) is 4.45. The molecule has 3 heterocycles. The number of carbonyl (C=O) groups excluding carboxylic acids is 1. The van der Waals surface area contributed by atoms with Crippen LogP contribution >= 0.6 is 35.4 Å². The van der Waals surface area contributed by atoms with Crippen LogP contribution < -0.4 is 5.32 Å². The van der Waals surface area contributed by atoms with Crippen LogP contribution in [0.25, 0.3) is 11.3 Å². The third-order valence-corrected chi connectivity index (χ3v) is 6.00. The van der Waals surface area contributed by atoms with Gasteiger partial charge >= 0.3 is 5.97 Å². The number of carbonyl (C=O) groups is 1. The van der Waals surface area contributed by atoms with E-state index in [-0.39, 0.29) is 24.5 Å². The molecular formula is C22H19Cl2N3O3S. The van der Waals surface area contributed by atoms with Crippen LogP contribution in [0.3, 0.4) is 0 Å². The number of halogens is 2. The van der Waals surface area contributed by atoms with Gasteiger partial charge in [-0.3, -0.25) is 9.78 Å². The topological polar surface area (TPSA) is 67.6 Å². The summed E-state index contributed by atoms with van der Waals surface area (Å²) in [5, 5.41) is 4.89. The molecule has 31 heavy (non-hydrogen) atoms. The van der Waals surface area contributed by atoms with Gasteiger partial charge in [0.1, 0.15) is 17.6 Å². The minimum absolute atomic E-state index is 0.195. The van der Waals surface area contributed by atoms with Crippen molar-refractivity contribution in [2.24, 2.45) is 0 Å². The highest BCUT2D eigenvalue weighted by Gasteiger charge is 2.41. The second kappa shape index (κ2) is 9.26. The van der Waals surface area contributed by atoms with E-state index in [1.807, 2.05) is 41.3 Å². The molecule has 0 spiro atoms. The number of esters is 1. The highest BCUT2D eigenvalue weighted by molar-refractivity contribution is 7.80. The van der Waals surface area contributed by atoms with Crippen molar-refractivity contribution in [2.45, 2.75) is 18.5 Å². The predicted octanol–water partition coefficient (Wildman–Crippen LogP) is 5.18. The first-order valence-electron chi connectivity index (χ1n) is 9.58. The lowest BCUT2D eigenvalue weighted by atomic mass is 10.0. The van der Waals surface area contributed by atoms with Crippen molar-refractivity contribution in [1.29, 1.82) is 0 Å². The van der Waals surface area contributed by atoms with Crippen molar-refractivity contribution in [2.75, 3.05) is 13.7 Å². The minimum atomic E-state index is -0.309. The van der Waals surface area contributed by atoms with Crippen LogP contribution in [-0.2, 0) is 9.53 Å². The number of benzene rings is 1. The molecule has 6 nitrogen and oxygen atoms in total. The molecular weight excluding hydrogens is 457 g/mol. The van der Waals surface area contributed by atoms with E-state index in [1.165, 1.54) is 7.11 Å². The third kappa shape index (κ3) is 4.54. The second-order valence-corrected chi connectivity index (χ2v) is 8.20. The Morgan fingerprint density at radius 1 is 1.26 bits per heavy atom. The van der Waals surface area contributed by atoms with E-state index in [1.54, 1.807) is 18.3 Å². The van der Waals surface area contributed by atoms with Gasteiger partial charge in [0.25, 0.3) is 0 Å². The maximum absolute atomic E-state index is 11.8. The Labute approximate surface area is 195 Å². The summed E-state index contributed by atoms with van der Waals surface area (Å²) in [5.74, 6) is 0.979. The first-order chi connectivity index (χ1) is 15.0. The molecule has 1 aliphatic heterocycles. The molecule has 0 aliphatic carbocycles. The molecule has 1 aromatic carbocycles. The number of rotatable bonds is 6. The standard InChI is InChI=1S/C22H19Cl2N3O3S/c1-29-19(28)9-11-27-21(20(26-22(27)31)16-4-2-3-10-25-16)18-8-7-17(30-18)14-6-5-13(23)12-15(14)24/h2-8,10,12,20-21H,9,11H2,1H3,(H,26,31)/t20-,21-/m0/s1. The van der Waals surface area contributed by atoms with Crippen molar-refractivity contribution in [3.63, 3.8) is 0 Å². The predicted molar refractivity (Wildman–Crippen MR) is 123 cm³/mol. The van der Waals surface area contributed by atoms with Crippen LogP contribution in [0.15, 0.2) is 59.1 Å². The summed E-state index contributed by atoms with van der Waals surface area (Å²) in [4.78, 5) is 18.2. The number of pyridine rings is 1. The van der Waals surface area contributed by atoms with Crippen LogP contribution in [0, 0.1) is 0 Å². The van der Waals surface area contributed by atoms with Gasteiger partial charge in [0.05, 0.1) is 30.3 Å². The lowest BCUT2D eigenvalue weighted by molar-refractivity contribution is -0.140. The van der Waals surface area contributed by atoms with E-state index in [0.29, 0.717) is 33.2 Å². The first-order valence-corrected chi connectivity index (χ1v) is 10.7.